The predicted molar refractivity (Wildman–Crippen MR) is 75.2 cm³/mol. The molecule has 1 heterocycles. The number of ketones is 1. The lowest BCUT2D eigenvalue weighted by atomic mass is 10.0. The first-order chi connectivity index (χ1) is 10.1. The number of hydrogen-bond acceptors (Lipinski definition) is 3. The zero-order valence-electron chi connectivity index (χ0n) is 10.9. The summed E-state index contributed by atoms with van der Waals surface area (Å²) in [6.07, 6.45) is -2.86. The Kier molecular flexibility index (Phi) is 3.17. The standard InChI is InChI=1S/C16H11FO4/c17-12(16(19)20)8-13(18)9-5-6-15-11(7-9)10-3-1-2-4-14(10)21-15/h1-7,12H,8H2,(H,19,20). The van der Waals surface area contributed by atoms with E-state index in [2.05, 4.69) is 0 Å². The SMILES string of the molecule is O=C(CC(F)C(=O)O)c1ccc2oc3ccccc3c2c1. The molecule has 3 aromatic rings. The zero-order chi connectivity index (χ0) is 15.0. The van der Waals surface area contributed by atoms with Crippen LogP contribution in [0.2, 0.25) is 0 Å². The zero-order valence-corrected chi connectivity index (χ0v) is 10.9. The smallest absolute Gasteiger partial charge is 0.338 e. The largest absolute Gasteiger partial charge is 0.479 e. The maximum absolute atomic E-state index is 13.1. The molecule has 21 heavy (non-hydrogen) atoms. The third-order valence-electron chi connectivity index (χ3n) is 3.33. The number of rotatable bonds is 4. The van der Waals surface area contributed by atoms with Gasteiger partial charge in [-0.05, 0) is 24.3 Å². The molecule has 0 fully saturated rings. The Morgan fingerprint density at radius 3 is 2.57 bits per heavy atom. The number of carboxylic acid groups (broad SMARTS) is 1. The molecule has 0 aliphatic rings. The summed E-state index contributed by atoms with van der Waals surface area (Å²) in [5.41, 5.74) is 1.60. The molecule has 0 saturated carbocycles. The molecule has 5 heteroatoms. The Hall–Kier alpha value is -2.69. The van der Waals surface area contributed by atoms with Crippen molar-refractivity contribution < 1.29 is 23.5 Å². The lowest BCUT2D eigenvalue weighted by molar-refractivity contribution is -0.142. The average molecular weight is 286 g/mol. The second-order valence-electron chi connectivity index (χ2n) is 4.74. The quantitative estimate of drug-likeness (QED) is 0.744. The number of para-hydroxylation sites is 1. The first kappa shape index (κ1) is 13.3. The van der Waals surface area contributed by atoms with Crippen LogP contribution in [-0.2, 0) is 4.79 Å². The van der Waals surface area contributed by atoms with Gasteiger partial charge in [0.25, 0.3) is 0 Å². The molecule has 4 nitrogen and oxygen atoms in total. The van der Waals surface area contributed by atoms with Crippen LogP contribution >= 0.6 is 0 Å². The summed E-state index contributed by atoms with van der Waals surface area (Å²) in [7, 11) is 0. The van der Waals surface area contributed by atoms with E-state index in [1.165, 1.54) is 6.07 Å². The van der Waals surface area contributed by atoms with Gasteiger partial charge in [-0.25, -0.2) is 9.18 Å². The molecule has 3 rings (SSSR count). The van der Waals surface area contributed by atoms with Gasteiger partial charge in [0.2, 0.25) is 6.17 Å². The van der Waals surface area contributed by atoms with Crippen molar-refractivity contribution in [2.45, 2.75) is 12.6 Å². The van der Waals surface area contributed by atoms with Crippen molar-refractivity contribution in [3.8, 4) is 0 Å². The Labute approximate surface area is 118 Å². The fourth-order valence-electron chi connectivity index (χ4n) is 2.27. The van der Waals surface area contributed by atoms with Crippen LogP contribution in [-0.4, -0.2) is 23.0 Å². The van der Waals surface area contributed by atoms with Crippen molar-refractivity contribution in [3.63, 3.8) is 0 Å². The molecule has 0 radical (unpaired) electrons. The van der Waals surface area contributed by atoms with E-state index in [0.717, 1.165) is 10.8 Å². The normalized spacial score (nSPS) is 12.6. The molecule has 1 unspecified atom stereocenters. The van der Waals surface area contributed by atoms with Crippen LogP contribution in [0.25, 0.3) is 21.9 Å². The van der Waals surface area contributed by atoms with Gasteiger partial charge in [0.05, 0.1) is 6.42 Å². The van der Waals surface area contributed by atoms with E-state index in [-0.39, 0.29) is 5.56 Å². The van der Waals surface area contributed by atoms with Gasteiger partial charge in [0.1, 0.15) is 11.2 Å². The molecule has 2 aromatic carbocycles. The van der Waals surface area contributed by atoms with Crippen molar-refractivity contribution in [1.82, 2.24) is 0 Å². The number of carbonyl (C=O) groups excluding carboxylic acids is 1. The molecular formula is C16H11FO4. The molecule has 0 saturated heterocycles. The molecule has 0 aliphatic heterocycles. The third kappa shape index (κ3) is 2.38. The summed E-state index contributed by atoms with van der Waals surface area (Å²) in [6, 6.07) is 12.1. The lowest BCUT2D eigenvalue weighted by Crippen LogP contribution is -2.18. The summed E-state index contributed by atoms with van der Waals surface area (Å²) in [6.45, 7) is 0. The molecule has 0 spiro atoms. The van der Waals surface area contributed by atoms with Crippen molar-refractivity contribution in [2.24, 2.45) is 0 Å². The van der Waals surface area contributed by atoms with E-state index in [1.807, 2.05) is 24.3 Å². The fourth-order valence-corrected chi connectivity index (χ4v) is 2.27. The molecule has 0 amide bonds. The van der Waals surface area contributed by atoms with Gasteiger partial charge in [-0.2, -0.15) is 0 Å². The summed E-state index contributed by atoms with van der Waals surface area (Å²) in [5.74, 6) is -2.17. The summed E-state index contributed by atoms with van der Waals surface area (Å²) >= 11 is 0. The molecular weight excluding hydrogens is 275 g/mol. The number of alkyl halides is 1. The summed E-state index contributed by atoms with van der Waals surface area (Å²) < 4.78 is 18.8. The monoisotopic (exact) mass is 286 g/mol. The Bertz CT molecular complexity index is 850. The number of aliphatic carboxylic acids is 1. The topological polar surface area (TPSA) is 67.5 Å². The Balaban J connectivity index is 2.02. The van der Waals surface area contributed by atoms with Crippen LogP contribution in [0.5, 0.6) is 0 Å². The number of Topliss-reactive ketones (excluding diaryl/α,β-unsaturated/α-hetero) is 1. The number of carboxylic acids is 1. The molecule has 1 atom stereocenters. The lowest BCUT2D eigenvalue weighted by Gasteiger charge is -2.02. The van der Waals surface area contributed by atoms with Gasteiger partial charge >= 0.3 is 5.97 Å². The van der Waals surface area contributed by atoms with E-state index in [0.29, 0.717) is 11.2 Å². The van der Waals surface area contributed by atoms with Crippen molar-refractivity contribution in [2.75, 3.05) is 0 Å². The van der Waals surface area contributed by atoms with E-state index in [9.17, 15) is 14.0 Å². The minimum Gasteiger partial charge on any atom is -0.479 e. The highest BCUT2D eigenvalue weighted by Gasteiger charge is 2.21. The van der Waals surface area contributed by atoms with Gasteiger partial charge < -0.3 is 9.52 Å². The second kappa shape index (κ2) is 5.01. The van der Waals surface area contributed by atoms with E-state index < -0.39 is 24.3 Å². The molecule has 106 valence electrons. The molecule has 0 aliphatic carbocycles. The van der Waals surface area contributed by atoms with Crippen LogP contribution in [0.15, 0.2) is 46.9 Å². The number of hydrogen-bond donors (Lipinski definition) is 1. The third-order valence-corrected chi connectivity index (χ3v) is 3.33. The van der Waals surface area contributed by atoms with Crippen LogP contribution in [0, 0.1) is 0 Å². The number of carbonyl (C=O) groups is 2. The van der Waals surface area contributed by atoms with Gasteiger partial charge in [0, 0.05) is 16.3 Å². The highest BCUT2D eigenvalue weighted by Crippen LogP contribution is 2.29. The predicted octanol–water partition coefficient (Wildman–Crippen LogP) is 3.58. The summed E-state index contributed by atoms with van der Waals surface area (Å²) in [4.78, 5) is 22.4. The molecule has 1 N–H and O–H groups in total. The minimum absolute atomic E-state index is 0.276. The van der Waals surface area contributed by atoms with Gasteiger partial charge in [-0.15, -0.1) is 0 Å². The van der Waals surface area contributed by atoms with Crippen molar-refractivity contribution in [1.29, 1.82) is 0 Å². The maximum atomic E-state index is 13.1. The highest BCUT2D eigenvalue weighted by atomic mass is 19.1. The van der Waals surface area contributed by atoms with E-state index in [1.54, 1.807) is 12.1 Å². The van der Waals surface area contributed by atoms with Crippen LogP contribution in [0.3, 0.4) is 0 Å². The van der Waals surface area contributed by atoms with E-state index in [4.69, 9.17) is 9.52 Å². The van der Waals surface area contributed by atoms with Crippen LogP contribution < -0.4 is 0 Å². The minimum atomic E-state index is -2.19. The first-order valence-corrected chi connectivity index (χ1v) is 6.37. The van der Waals surface area contributed by atoms with Crippen molar-refractivity contribution in [3.05, 3.63) is 48.0 Å². The summed E-state index contributed by atoms with van der Waals surface area (Å²) in [5, 5.41) is 10.1. The Morgan fingerprint density at radius 2 is 1.81 bits per heavy atom. The maximum Gasteiger partial charge on any atom is 0.338 e. The Morgan fingerprint density at radius 1 is 1.10 bits per heavy atom. The number of halogens is 1. The first-order valence-electron chi connectivity index (χ1n) is 6.37. The second-order valence-corrected chi connectivity index (χ2v) is 4.74. The van der Waals surface area contributed by atoms with Crippen LogP contribution in [0.1, 0.15) is 16.8 Å². The number of fused-ring (bicyclic) bond motifs is 3. The number of furan rings is 1. The highest BCUT2D eigenvalue weighted by molar-refractivity contribution is 6.08. The van der Waals surface area contributed by atoms with Gasteiger partial charge in [-0.1, -0.05) is 18.2 Å². The van der Waals surface area contributed by atoms with Crippen molar-refractivity contribution >= 4 is 33.7 Å². The molecule has 0 bridgehead atoms. The van der Waals surface area contributed by atoms with Crippen LogP contribution in [0.4, 0.5) is 4.39 Å². The molecule has 1 aromatic heterocycles. The van der Waals surface area contributed by atoms with Gasteiger partial charge in [0.15, 0.2) is 5.78 Å². The number of benzene rings is 2. The average Bonchev–Trinajstić information content (AvgIpc) is 2.84. The fraction of sp³-hybridized carbons (Fsp3) is 0.125. The van der Waals surface area contributed by atoms with E-state index >= 15 is 0 Å². The van der Waals surface area contributed by atoms with Gasteiger partial charge in [-0.3, -0.25) is 4.79 Å².